The second-order valence-corrected chi connectivity index (χ2v) is 3.93. The first kappa shape index (κ1) is 11.6. The summed E-state index contributed by atoms with van der Waals surface area (Å²) in [6.07, 6.45) is 5.73. The molecule has 0 aromatic heterocycles. The highest BCUT2D eigenvalue weighted by Gasteiger charge is 2.11. The van der Waals surface area contributed by atoms with Crippen molar-refractivity contribution in [1.82, 2.24) is 0 Å². The smallest absolute Gasteiger partial charge is 0.187 e. The fourth-order valence-electron chi connectivity index (χ4n) is 1.41. The summed E-state index contributed by atoms with van der Waals surface area (Å²) >= 11 is 5.79. The molecule has 1 aliphatic rings. The van der Waals surface area contributed by atoms with Gasteiger partial charge in [-0.25, -0.2) is 5.06 Å². The van der Waals surface area contributed by atoms with Gasteiger partial charge in [-0.15, -0.1) is 0 Å². The average Bonchev–Trinajstić information content (AvgIpc) is 2.35. The van der Waals surface area contributed by atoms with E-state index in [2.05, 4.69) is 0 Å². The number of carbonyl (C=O) groups excluding carboxylic acids is 1. The van der Waals surface area contributed by atoms with E-state index in [9.17, 15) is 10.0 Å². The number of rotatable bonds is 2. The molecule has 0 atom stereocenters. The maximum atomic E-state index is 11.5. The van der Waals surface area contributed by atoms with Gasteiger partial charge < -0.3 is 0 Å². The van der Waals surface area contributed by atoms with Crippen LogP contribution in [0.3, 0.4) is 0 Å². The quantitative estimate of drug-likeness (QED) is 0.645. The second-order valence-electron chi connectivity index (χ2n) is 3.49. The van der Waals surface area contributed by atoms with Crippen LogP contribution in [-0.4, -0.2) is 11.0 Å². The van der Waals surface area contributed by atoms with Gasteiger partial charge in [-0.2, -0.15) is 0 Å². The Morgan fingerprint density at radius 1 is 1.18 bits per heavy atom. The second kappa shape index (κ2) is 4.99. The molecule has 0 saturated heterocycles. The molecule has 0 amide bonds. The summed E-state index contributed by atoms with van der Waals surface area (Å²) in [7, 11) is 0. The van der Waals surface area contributed by atoms with Crippen molar-refractivity contribution >= 4 is 23.1 Å². The largest absolute Gasteiger partial charge is 0.289 e. The lowest BCUT2D eigenvalue weighted by Crippen LogP contribution is -2.13. The third-order valence-corrected chi connectivity index (χ3v) is 2.49. The molecule has 0 heterocycles. The minimum absolute atomic E-state index is 0.190. The zero-order chi connectivity index (χ0) is 12.3. The number of nitrogens with zero attached hydrogens (tertiary/aromatic N) is 1. The summed E-state index contributed by atoms with van der Waals surface area (Å²) in [5, 5.41) is 11.1. The molecule has 4 heteroatoms. The van der Waals surface area contributed by atoms with Crippen LogP contribution in [-0.2, 0) is 4.79 Å². The van der Waals surface area contributed by atoms with Gasteiger partial charge in [-0.1, -0.05) is 29.8 Å². The first-order valence-electron chi connectivity index (χ1n) is 5.01. The van der Waals surface area contributed by atoms with Crippen molar-refractivity contribution in [1.29, 1.82) is 0 Å². The Bertz CT molecular complexity index is 517. The van der Waals surface area contributed by atoms with Gasteiger partial charge >= 0.3 is 0 Å². The fraction of sp³-hybridized carbons (Fsp3) is 0. The number of anilines is 1. The predicted molar refractivity (Wildman–Crippen MR) is 66.9 cm³/mol. The van der Waals surface area contributed by atoms with Gasteiger partial charge in [0.1, 0.15) is 0 Å². The number of hydrogen-bond donors (Lipinski definition) is 1. The molecule has 1 aromatic carbocycles. The number of ketones is 1. The summed E-state index contributed by atoms with van der Waals surface area (Å²) in [4.78, 5) is 11.5. The van der Waals surface area contributed by atoms with Crippen molar-refractivity contribution in [3.63, 3.8) is 0 Å². The first-order valence-corrected chi connectivity index (χ1v) is 5.39. The summed E-state index contributed by atoms with van der Waals surface area (Å²) in [5.41, 5.74) is 0.913. The van der Waals surface area contributed by atoms with E-state index < -0.39 is 0 Å². The molecule has 1 aromatic rings. The Labute approximate surface area is 104 Å². The predicted octanol–water partition coefficient (Wildman–Crippen LogP) is 3.03. The topological polar surface area (TPSA) is 40.5 Å². The molecule has 2 rings (SSSR count). The SMILES string of the molecule is O=C1C=CC(Cl)=C/C1=C\N(O)c1ccccc1. The van der Waals surface area contributed by atoms with Crippen LogP contribution in [0.15, 0.2) is 65.4 Å². The van der Waals surface area contributed by atoms with Crippen LogP contribution in [0, 0.1) is 0 Å². The summed E-state index contributed by atoms with van der Waals surface area (Å²) < 4.78 is 0. The Balaban J connectivity index is 2.26. The molecule has 86 valence electrons. The van der Waals surface area contributed by atoms with Gasteiger partial charge in [-0.05, 0) is 30.4 Å². The van der Waals surface area contributed by atoms with Crippen LogP contribution in [0.4, 0.5) is 5.69 Å². The van der Waals surface area contributed by atoms with E-state index in [1.165, 1.54) is 24.4 Å². The molecule has 0 bridgehead atoms. The number of para-hydroxylation sites is 1. The molecule has 17 heavy (non-hydrogen) atoms. The molecule has 3 nitrogen and oxygen atoms in total. The highest BCUT2D eigenvalue weighted by Crippen LogP contribution is 2.18. The van der Waals surface area contributed by atoms with Gasteiger partial charge in [0.05, 0.1) is 5.69 Å². The monoisotopic (exact) mass is 247 g/mol. The maximum Gasteiger partial charge on any atom is 0.187 e. The van der Waals surface area contributed by atoms with Crippen molar-refractivity contribution < 1.29 is 10.0 Å². The highest BCUT2D eigenvalue weighted by molar-refractivity contribution is 6.33. The van der Waals surface area contributed by atoms with E-state index >= 15 is 0 Å². The van der Waals surface area contributed by atoms with E-state index in [1.54, 1.807) is 24.3 Å². The number of benzene rings is 1. The summed E-state index contributed by atoms with van der Waals surface area (Å²) in [6, 6.07) is 8.89. The normalized spacial score (nSPS) is 17.2. The van der Waals surface area contributed by atoms with Crippen LogP contribution in [0.1, 0.15) is 0 Å². The van der Waals surface area contributed by atoms with Gasteiger partial charge in [0.2, 0.25) is 0 Å². The van der Waals surface area contributed by atoms with E-state index in [0.717, 1.165) is 5.06 Å². The number of halogens is 1. The van der Waals surface area contributed by atoms with Crippen molar-refractivity contribution in [2.75, 3.05) is 5.06 Å². The van der Waals surface area contributed by atoms with Crippen LogP contribution in [0.25, 0.3) is 0 Å². The number of allylic oxidation sites excluding steroid dienone is 5. The van der Waals surface area contributed by atoms with Crippen molar-refractivity contribution in [3.8, 4) is 0 Å². The fourth-order valence-corrected chi connectivity index (χ4v) is 1.59. The van der Waals surface area contributed by atoms with Crippen molar-refractivity contribution in [3.05, 3.63) is 65.4 Å². The Kier molecular flexibility index (Phi) is 3.42. The molecule has 1 N–H and O–H groups in total. The average molecular weight is 248 g/mol. The van der Waals surface area contributed by atoms with Crippen LogP contribution < -0.4 is 5.06 Å². The van der Waals surface area contributed by atoms with Crippen LogP contribution in [0.2, 0.25) is 0 Å². The minimum Gasteiger partial charge on any atom is -0.289 e. The standard InChI is InChI=1S/C13H10ClNO2/c14-11-6-7-13(16)10(8-11)9-15(17)12-4-2-1-3-5-12/h1-9,17H/b10-9+. The van der Waals surface area contributed by atoms with E-state index in [-0.39, 0.29) is 5.78 Å². The maximum absolute atomic E-state index is 11.5. The number of hydroxylamine groups is 1. The first-order chi connectivity index (χ1) is 8.16. The Hall–Kier alpha value is -1.84. The molecule has 0 fully saturated rings. The van der Waals surface area contributed by atoms with Gasteiger partial charge in [0.15, 0.2) is 5.78 Å². The number of hydrogen-bond acceptors (Lipinski definition) is 3. The Morgan fingerprint density at radius 3 is 2.59 bits per heavy atom. The minimum atomic E-state index is -0.190. The van der Waals surface area contributed by atoms with Crippen molar-refractivity contribution in [2.24, 2.45) is 0 Å². The molecular weight excluding hydrogens is 238 g/mol. The molecule has 0 spiro atoms. The lowest BCUT2D eigenvalue weighted by atomic mass is 10.1. The van der Waals surface area contributed by atoms with E-state index in [1.807, 2.05) is 6.07 Å². The molecule has 1 aliphatic carbocycles. The third kappa shape index (κ3) is 2.84. The summed E-state index contributed by atoms with van der Waals surface area (Å²) in [6.45, 7) is 0. The third-order valence-electron chi connectivity index (χ3n) is 2.25. The molecular formula is C13H10ClNO2. The van der Waals surface area contributed by atoms with Gasteiger partial charge in [0.25, 0.3) is 0 Å². The molecule has 0 aliphatic heterocycles. The van der Waals surface area contributed by atoms with Crippen LogP contribution >= 0.6 is 11.6 Å². The molecule has 0 radical (unpaired) electrons. The number of carbonyl (C=O) groups is 1. The van der Waals surface area contributed by atoms with Gasteiger partial charge in [0, 0.05) is 16.8 Å². The van der Waals surface area contributed by atoms with E-state index in [4.69, 9.17) is 11.6 Å². The van der Waals surface area contributed by atoms with Gasteiger partial charge in [-0.3, -0.25) is 10.0 Å². The Morgan fingerprint density at radius 2 is 1.88 bits per heavy atom. The summed E-state index contributed by atoms with van der Waals surface area (Å²) in [5.74, 6) is -0.190. The van der Waals surface area contributed by atoms with Crippen LogP contribution in [0.5, 0.6) is 0 Å². The lowest BCUT2D eigenvalue weighted by Gasteiger charge is -2.13. The van der Waals surface area contributed by atoms with E-state index in [0.29, 0.717) is 16.3 Å². The zero-order valence-electron chi connectivity index (χ0n) is 8.88. The zero-order valence-corrected chi connectivity index (χ0v) is 9.63. The molecule has 0 unspecified atom stereocenters. The lowest BCUT2D eigenvalue weighted by molar-refractivity contribution is -0.111. The molecule has 0 saturated carbocycles. The van der Waals surface area contributed by atoms with Crippen molar-refractivity contribution in [2.45, 2.75) is 0 Å². The highest BCUT2D eigenvalue weighted by atomic mass is 35.5.